The molecular weight excluding hydrogens is 300 g/mol. The van der Waals surface area contributed by atoms with Crippen LogP contribution in [0.5, 0.6) is 0 Å². The van der Waals surface area contributed by atoms with Gasteiger partial charge in [-0.05, 0) is 17.8 Å². The molecule has 158 valence electrons. The van der Waals surface area contributed by atoms with E-state index >= 15 is 0 Å². The van der Waals surface area contributed by atoms with Gasteiger partial charge in [-0.1, -0.05) is 147 Å². The predicted octanol–water partition coefficient (Wildman–Crippen LogP) is 10.3. The van der Waals surface area contributed by atoms with Crippen LogP contribution in [-0.4, -0.2) is 0 Å². The van der Waals surface area contributed by atoms with Crippen molar-refractivity contribution in [1.82, 2.24) is 0 Å². The zero-order valence-electron chi connectivity index (χ0n) is 20.5. The summed E-state index contributed by atoms with van der Waals surface area (Å²) in [5.74, 6) is 2.84. The summed E-state index contributed by atoms with van der Waals surface area (Å²) < 4.78 is 0. The van der Waals surface area contributed by atoms with Crippen molar-refractivity contribution in [3.63, 3.8) is 0 Å². The minimum atomic E-state index is 0.935. The van der Waals surface area contributed by atoms with Crippen LogP contribution in [0.25, 0.3) is 0 Å². The molecule has 0 aliphatic rings. The smallest absolute Gasteiger partial charge is 0.0443 e. The zero-order valence-corrected chi connectivity index (χ0v) is 20.5. The van der Waals surface area contributed by atoms with Crippen molar-refractivity contribution in [2.75, 3.05) is 0 Å². The van der Waals surface area contributed by atoms with E-state index < -0.39 is 0 Å². The van der Waals surface area contributed by atoms with E-state index in [2.05, 4.69) is 76.2 Å². The summed E-state index contributed by atoms with van der Waals surface area (Å²) in [7, 11) is 0. The molecule has 0 fully saturated rings. The fraction of sp³-hybridized carbons (Fsp3) is 1.00. The molecule has 0 atom stereocenters. The van der Waals surface area contributed by atoms with Crippen LogP contribution in [0, 0.1) is 17.8 Å². The number of hydrogen-bond donors (Lipinski definition) is 0. The van der Waals surface area contributed by atoms with Crippen molar-refractivity contribution in [3.8, 4) is 0 Å². The van der Waals surface area contributed by atoms with Gasteiger partial charge in [-0.15, -0.1) is 0 Å². The number of rotatable bonds is 10. The summed E-state index contributed by atoms with van der Waals surface area (Å²) in [5, 5.41) is 0. The van der Waals surface area contributed by atoms with Gasteiger partial charge >= 0.3 is 0 Å². The van der Waals surface area contributed by atoms with Crippen LogP contribution in [0.15, 0.2) is 0 Å². The third kappa shape index (κ3) is 45.4. The monoisotopic (exact) mass is 358 g/mol. The Balaban J connectivity index is -0.000000128. The van der Waals surface area contributed by atoms with Crippen molar-refractivity contribution >= 4 is 0 Å². The molecule has 0 nitrogen and oxygen atoms in total. The molecule has 0 heterocycles. The molecule has 0 rings (SSSR count). The first-order chi connectivity index (χ1) is 11.8. The molecule has 0 radical (unpaired) electrons. The van der Waals surface area contributed by atoms with Gasteiger partial charge in [0.2, 0.25) is 0 Å². The van der Waals surface area contributed by atoms with Gasteiger partial charge in [-0.2, -0.15) is 0 Å². The molecule has 0 N–H and O–H groups in total. The molecule has 0 amide bonds. The Labute approximate surface area is 165 Å². The van der Waals surface area contributed by atoms with E-state index in [0.29, 0.717) is 0 Å². The van der Waals surface area contributed by atoms with Gasteiger partial charge in [0.25, 0.3) is 0 Å². The summed E-state index contributed by atoms with van der Waals surface area (Å²) in [6, 6.07) is 0. The Hall–Kier alpha value is 0. The van der Waals surface area contributed by atoms with Gasteiger partial charge in [-0.3, -0.25) is 0 Å². The summed E-state index contributed by atoms with van der Waals surface area (Å²) in [5.41, 5.74) is 0. The van der Waals surface area contributed by atoms with E-state index in [9.17, 15) is 0 Å². The maximum atomic E-state index is 2.38. The van der Waals surface area contributed by atoms with E-state index in [-0.39, 0.29) is 0 Å². The second kappa shape index (κ2) is 31.7. The molecule has 0 aromatic rings. The molecule has 0 aromatic heterocycles. The summed E-state index contributed by atoms with van der Waals surface area (Å²) in [6.07, 6.45) is 15.0. The number of unbranched alkanes of at least 4 members (excludes halogenated alkanes) is 2. The second-order valence-electron chi connectivity index (χ2n) is 7.94. The van der Waals surface area contributed by atoms with E-state index in [4.69, 9.17) is 0 Å². The van der Waals surface area contributed by atoms with Gasteiger partial charge in [0.1, 0.15) is 0 Å². The van der Waals surface area contributed by atoms with Gasteiger partial charge in [0.05, 0.1) is 0 Å². The van der Waals surface area contributed by atoms with Crippen LogP contribution in [0.4, 0.5) is 0 Å². The van der Waals surface area contributed by atoms with Gasteiger partial charge in [0.15, 0.2) is 0 Å². The molecule has 0 aliphatic heterocycles. The van der Waals surface area contributed by atoms with Crippen molar-refractivity contribution < 1.29 is 0 Å². The molecule has 0 spiro atoms. The first-order valence-electron chi connectivity index (χ1n) is 11.8. The van der Waals surface area contributed by atoms with Gasteiger partial charge in [-0.25, -0.2) is 0 Å². The Bertz CT molecular complexity index is 147. The Morgan fingerprint density at radius 3 is 0.800 bits per heavy atom. The average Bonchev–Trinajstić information content (AvgIpc) is 2.64. The topological polar surface area (TPSA) is 0 Å². The van der Waals surface area contributed by atoms with Crippen LogP contribution in [0.3, 0.4) is 0 Å². The van der Waals surface area contributed by atoms with Crippen molar-refractivity contribution in [2.45, 2.75) is 147 Å². The highest BCUT2D eigenvalue weighted by molar-refractivity contribution is 4.52. The second-order valence-corrected chi connectivity index (χ2v) is 7.94. The molecule has 0 heteroatoms. The van der Waals surface area contributed by atoms with Gasteiger partial charge in [0, 0.05) is 0 Å². The van der Waals surface area contributed by atoms with Crippen LogP contribution >= 0.6 is 0 Å². The predicted molar refractivity (Wildman–Crippen MR) is 124 cm³/mol. The molecule has 25 heavy (non-hydrogen) atoms. The maximum Gasteiger partial charge on any atom is -0.0443 e. The lowest BCUT2D eigenvalue weighted by atomic mass is 9.98. The van der Waals surface area contributed by atoms with Crippen LogP contribution < -0.4 is 0 Å². The Morgan fingerprint density at radius 1 is 0.440 bits per heavy atom. The number of hydrogen-bond acceptors (Lipinski definition) is 0. The van der Waals surface area contributed by atoms with Crippen molar-refractivity contribution in [2.24, 2.45) is 17.8 Å². The molecular formula is C25H58. The molecule has 0 saturated carbocycles. The first-order valence-corrected chi connectivity index (χ1v) is 11.8. The molecule has 0 aromatic carbocycles. The molecule has 0 aliphatic carbocycles. The minimum Gasteiger partial charge on any atom is -0.0656 e. The zero-order chi connectivity index (χ0) is 20.5. The van der Waals surface area contributed by atoms with Crippen molar-refractivity contribution in [3.05, 3.63) is 0 Å². The summed E-state index contributed by atoms with van der Waals surface area (Å²) in [4.78, 5) is 0. The first kappa shape index (κ1) is 32.7. The van der Waals surface area contributed by atoms with Crippen molar-refractivity contribution in [1.29, 1.82) is 0 Å². The normalized spacial score (nSPS) is 9.84. The lowest BCUT2D eigenvalue weighted by Gasteiger charge is -2.08. The maximum absolute atomic E-state index is 2.38. The lowest BCUT2D eigenvalue weighted by Crippen LogP contribution is -1.93. The highest BCUT2D eigenvalue weighted by atomic mass is 14.0. The van der Waals surface area contributed by atoms with Gasteiger partial charge < -0.3 is 0 Å². The minimum absolute atomic E-state index is 0.935. The van der Waals surface area contributed by atoms with E-state index in [1.807, 2.05) is 0 Å². The standard InChI is InChI=1S/C10H22.2C6H14.C3H8/c1-4-6-8-10(3)9-7-5-2;2*1-4-6(3)5-2;1-3-2/h10H,4-9H2,1-3H3;2*6H,4-5H2,1-3H3;3H2,1-2H3. The fourth-order valence-corrected chi connectivity index (χ4v) is 1.83. The van der Waals surface area contributed by atoms with E-state index in [1.165, 1.54) is 70.6 Å². The third-order valence-corrected chi connectivity index (χ3v) is 4.89. The average molecular weight is 359 g/mol. The quantitative estimate of drug-likeness (QED) is 0.364. The molecule has 0 saturated heterocycles. The van der Waals surface area contributed by atoms with Crippen LogP contribution in [0.2, 0.25) is 0 Å². The van der Waals surface area contributed by atoms with E-state index in [0.717, 1.165) is 17.8 Å². The third-order valence-electron chi connectivity index (χ3n) is 4.89. The van der Waals surface area contributed by atoms with E-state index in [1.54, 1.807) is 0 Å². The summed E-state index contributed by atoms with van der Waals surface area (Å²) in [6.45, 7) is 24.6. The molecule has 0 unspecified atom stereocenters. The lowest BCUT2D eigenvalue weighted by molar-refractivity contribution is 0.454. The summed E-state index contributed by atoms with van der Waals surface area (Å²) >= 11 is 0. The Morgan fingerprint density at radius 2 is 0.680 bits per heavy atom. The van der Waals surface area contributed by atoms with Crippen LogP contribution in [0.1, 0.15) is 147 Å². The molecule has 0 bridgehead atoms. The largest absolute Gasteiger partial charge is 0.0656 e. The fourth-order valence-electron chi connectivity index (χ4n) is 1.83. The Kier molecular flexibility index (Phi) is 41.5. The van der Waals surface area contributed by atoms with Crippen LogP contribution in [-0.2, 0) is 0 Å². The highest BCUT2D eigenvalue weighted by Crippen LogP contribution is 2.14. The highest BCUT2D eigenvalue weighted by Gasteiger charge is 1.98. The SMILES string of the molecule is CCC.CCC(C)CC.CCC(C)CC.CCCCC(C)CCCC.